The van der Waals surface area contributed by atoms with Crippen molar-refractivity contribution in [1.29, 1.82) is 0 Å². The molecule has 1 N–H and O–H groups in total. The van der Waals surface area contributed by atoms with Gasteiger partial charge in [0.2, 0.25) is 0 Å². The smallest absolute Gasteiger partial charge is 0.141 e. The number of aromatic nitrogens is 1. The summed E-state index contributed by atoms with van der Waals surface area (Å²) < 4.78 is 7.00. The highest BCUT2D eigenvalue weighted by Crippen LogP contribution is 2.59. The van der Waals surface area contributed by atoms with Gasteiger partial charge in [0.1, 0.15) is 11.5 Å². The van der Waals surface area contributed by atoms with Crippen molar-refractivity contribution in [1.82, 2.24) is 4.98 Å². The molecule has 1 aromatic heterocycles. The van der Waals surface area contributed by atoms with Gasteiger partial charge in [-0.15, -0.1) is 0 Å². The Kier molecular flexibility index (Phi) is 5.56. The van der Waals surface area contributed by atoms with E-state index < -0.39 is 0 Å². The van der Waals surface area contributed by atoms with E-state index in [-0.39, 0.29) is 5.41 Å². The number of hydrogen-bond acceptors (Lipinski definition) is 3. The van der Waals surface area contributed by atoms with Gasteiger partial charge in [0.05, 0.1) is 11.2 Å². The van der Waals surface area contributed by atoms with Crippen molar-refractivity contribution in [3.8, 4) is 16.9 Å². The fourth-order valence-electron chi connectivity index (χ4n) is 8.33. The number of anilines is 1. The molecular weight excluding hydrogens is 536 g/mol. The van der Waals surface area contributed by atoms with Gasteiger partial charge in [0, 0.05) is 46.8 Å². The van der Waals surface area contributed by atoms with Crippen molar-refractivity contribution in [3.05, 3.63) is 143 Å². The molecule has 5 aliphatic rings. The molecule has 3 aromatic carbocycles. The van der Waals surface area contributed by atoms with Crippen LogP contribution in [0.5, 0.6) is 5.75 Å². The van der Waals surface area contributed by atoms with Gasteiger partial charge in [-0.1, -0.05) is 117 Å². The summed E-state index contributed by atoms with van der Waals surface area (Å²) in [7, 11) is 0. The molecule has 0 saturated heterocycles. The summed E-state index contributed by atoms with van der Waals surface area (Å²) >= 11 is 0. The lowest BCUT2D eigenvalue weighted by molar-refractivity contribution is 0.312. The van der Waals surface area contributed by atoms with Crippen LogP contribution in [0.3, 0.4) is 0 Å². The third-order valence-electron chi connectivity index (χ3n) is 10.5. The Hall–Kier alpha value is -4.89. The molecule has 3 heteroatoms. The maximum absolute atomic E-state index is 7.00. The van der Waals surface area contributed by atoms with E-state index in [9.17, 15) is 0 Å². The average molecular weight is 571 g/mol. The van der Waals surface area contributed by atoms with Gasteiger partial charge in [-0.3, -0.25) is 4.98 Å². The van der Waals surface area contributed by atoms with E-state index in [1.54, 1.807) is 5.57 Å². The zero-order valence-corrected chi connectivity index (χ0v) is 25.0. The molecule has 0 bridgehead atoms. The number of hydrogen-bond donors (Lipinski definition) is 1. The molecule has 0 spiro atoms. The van der Waals surface area contributed by atoms with Gasteiger partial charge in [0.25, 0.3) is 0 Å². The van der Waals surface area contributed by atoms with Crippen LogP contribution in [0, 0.1) is 23.2 Å². The molecule has 3 heterocycles. The summed E-state index contributed by atoms with van der Waals surface area (Å²) in [6.07, 6.45) is 21.4. The predicted molar refractivity (Wildman–Crippen MR) is 182 cm³/mol. The predicted octanol–water partition coefficient (Wildman–Crippen LogP) is 9.87. The van der Waals surface area contributed by atoms with E-state index in [2.05, 4.69) is 128 Å². The summed E-state index contributed by atoms with van der Waals surface area (Å²) in [6.45, 7) is 5.55. The van der Waals surface area contributed by atoms with Crippen LogP contribution >= 0.6 is 0 Å². The first-order valence-electron chi connectivity index (χ1n) is 15.8. The SMILES string of the molecule is CC1(C)C2=CC3=C(CC2C2C=CC=CC21)Oc1c(cccc1C1=Cc2cc(-c4ccccc4)c4cccnc4c2NC1)C=C3. The number of nitrogens with zero attached hydrogens (tertiary/aromatic N) is 1. The van der Waals surface area contributed by atoms with Crippen LogP contribution in [0.2, 0.25) is 0 Å². The average Bonchev–Trinajstić information content (AvgIpc) is 3.17. The fourth-order valence-corrected chi connectivity index (χ4v) is 8.33. The number of nitrogens with one attached hydrogen (secondary N) is 1. The molecule has 9 rings (SSSR count). The molecule has 3 atom stereocenters. The summed E-state index contributed by atoms with van der Waals surface area (Å²) in [5.74, 6) is 3.56. The van der Waals surface area contributed by atoms with Gasteiger partial charge >= 0.3 is 0 Å². The Morgan fingerprint density at radius 3 is 2.66 bits per heavy atom. The van der Waals surface area contributed by atoms with Crippen molar-refractivity contribution >= 4 is 34.3 Å². The summed E-state index contributed by atoms with van der Waals surface area (Å²) in [5.41, 5.74) is 12.0. The number of fused-ring (bicyclic) bond motifs is 7. The van der Waals surface area contributed by atoms with Crippen LogP contribution in [-0.2, 0) is 0 Å². The molecule has 44 heavy (non-hydrogen) atoms. The Labute approximate surface area is 258 Å². The minimum Gasteiger partial charge on any atom is -0.460 e. The highest BCUT2D eigenvalue weighted by atomic mass is 16.5. The third kappa shape index (κ3) is 3.78. The van der Waals surface area contributed by atoms with Crippen molar-refractivity contribution in [2.24, 2.45) is 23.2 Å². The Bertz CT molecular complexity index is 2050. The molecule has 0 amide bonds. The Balaban J connectivity index is 1.13. The van der Waals surface area contributed by atoms with Crippen LogP contribution in [0.4, 0.5) is 5.69 Å². The quantitative estimate of drug-likeness (QED) is 0.260. The van der Waals surface area contributed by atoms with E-state index in [0.29, 0.717) is 24.3 Å². The minimum atomic E-state index is 0.136. The first kappa shape index (κ1) is 25.6. The molecule has 3 aliphatic carbocycles. The van der Waals surface area contributed by atoms with Gasteiger partial charge in [-0.25, -0.2) is 0 Å². The molecule has 4 aromatic rings. The molecule has 214 valence electrons. The second kappa shape index (κ2) is 9.56. The van der Waals surface area contributed by atoms with E-state index in [4.69, 9.17) is 9.72 Å². The Morgan fingerprint density at radius 2 is 1.75 bits per heavy atom. The van der Waals surface area contributed by atoms with Crippen LogP contribution in [0.1, 0.15) is 37.0 Å². The van der Waals surface area contributed by atoms with E-state index in [1.807, 2.05) is 12.3 Å². The zero-order chi connectivity index (χ0) is 29.4. The van der Waals surface area contributed by atoms with Crippen LogP contribution in [0.25, 0.3) is 39.8 Å². The highest BCUT2D eigenvalue weighted by Gasteiger charge is 2.51. The number of ether oxygens (including phenoxy) is 1. The van der Waals surface area contributed by atoms with Crippen molar-refractivity contribution < 1.29 is 4.74 Å². The minimum absolute atomic E-state index is 0.136. The summed E-state index contributed by atoms with van der Waals surface area (Å²) in [4.78, 5) is 4.83. The second-order valence-corrected chi connectivity index (χ2v) is 13.2. The van der Waals surface area contributed by atoms with E-state index in [0.717, 1.165) is 51.2 Å². The standard InChI is InChI=1S/C41H34N2O/c1-41(2)35-16-7-6-13-31(35)34-23-37-27(22-36(34)41)18-17-26-12-8-14-30(40(26)44-37)29-20-28-21-33(25-10-4-3-5-11-25)32-15-9-19-42-39(32)38(28)43-24-29/h3-22,31,34-35,43H,23-24H2,1-2H3. The zero-order valence-electron chi connectivity index (χ0n) is 25.0. The summed E-state index contributed by atoms with van der Waals surface area (Å²) in [5, 5.41) is 4.90. The lowest BCUT2D eigenvalue weighted by Crippen LogP contribution is -2.21. The van der Waals surface area contributed by atoms with Crippen LogP contribution in [0.15, 0.2) is 126 Å². The number of para-hydroxylation sites is 1. The summed E-state index contributed by atoms with van der Waals surface area (Å²) in [6, 6.07) is 23.7. The van der Waals surface area contributed by atoms with Gasteiger partial charge in [-0.2, -0.15) is 0 Å². The van der Waals surface area contributed by atoms with Crippen LogP contribution in [-0.4, -0.2) is 11.5 Å². The topological polar surface area (TPSA) is 34.1 Å². The molecule has 3 nitrogen and oxygen atoms in total. The van der Waals surface area contributed by atoms with E-state index in [1.165, 1.54) is 22.3 Å². The van der Waals surface area contributed by atoms with Crippen molar-refractivity contribution in [2.45, 2.75) is 20.3 Å². The van der Waals surface area contributed by atoms with Crippen molar-refractivity contribution in [2.75, 3.05) is 11.9 Å². The monoisotopic (exact) mass is 570 g/mol. The Morgan fingerprint density at radius 1 is 0.864 bits per heavy atom. The number of allylic oxidation sites excluding steroid dienone is 9. The molecule has 2 aliphatic heterocycles. The number of rotatable bonds is 2. The molecule has 0 radical (unpaired) electrons. The second-order valence-electron chi connectivity index (χ2n) is 13.2. The van der Waals surface area contributed by atoms with Gasteiger partial charge in [-0.05, 0) is 58.1 Å². The largest absolute Gasteiger partial charge is 0.460 e. The van der Waals surface area contributed by atoms with Crippen LogP contribution < -0.4 is 10.1 Å². The lowest BCUT2D eigenvalue weighted by Gasteiger charge is -2.30. The number of benzene rings is 3. The fraction of sp³-hybridized carbons (Fsp3) is 0.195. The van der Waals surface area contributed by atoms with Gasteiger partial charge in [0.15, 0.2) is 0 Å². The highest BCUT2D eigenvalue weighted by molar-refractivity contribution is 6.08. The maximum Gasteiger partial charge on any atom is 0.141 e. The normalized spacial score (nSPS) is 23.7. The number of pyridine rings is 1. The molecule has 1 fully saturated rings. The van der Waals surface area contributed by atoms with Crippen molar-refractivity contribution in [3.63, 3.8) is 0 Å². The molecular formula is C41H34N2O. The third-order valence-corrected chi connectivity index (χ3v) is 10.5. The first-order chi connectivity index (χ1) is 21.6. The first-order valence-corrected chi connectivity index (χ1v) is 15.8. The molecule has 1 saturated carbocycles. The van der Waals surface area contributed by atoms with Gasteiger partial charge < -0.3 is 10.1 Å². The molecule has 3 unspecified atom stereocenters. The van der Waals surface area contributed by atoms with E-state index >= 15 is 0 Å². The maximum atomic E-state index is 7.00. The lowest BCUT2D eigenvalue weighted by atomic mass is 9.75.